The van der Waals surface area contributed by atoms with Crippen LogP contribution in [-0.4, -0.2) is 9.97 Å². The molecule has 1 unspecified atom stereocenters. The molecule has 0 fully saturated rings. The van der Waals surface area contributed by atoms with Gasteiger partial charge in [-0.15, -0.1) is 0 Å². The van der Waals surface area contributed by atoms with Gasteiger partial charge in [-0.25, -0.2) is 5.43 Å². The second kappa shape index (κ2) is 6.19. The smallest absolute Gasteiger partial charge is 0.0899 e. The molecule has 1 atom stereocenters. The average Bonchev–Trinajstić information content (AvgIpc) is 2.50. The fraction of sp³-hybridized carbons (Fsp3) is 0.0667. The van der Waals surface area contributed by atoms with Crippen molar-refractivity contribution in [2.45, 2.75) is 6.04 Å². The predicted octanol–water partition coefficient (Wildman–Crippen LogP) is 3.71. The second-order valence-corrected chi connectivity index (χ2v) is 6.33. The zero-order valence-electron chi connectivity index (χ0n) is 10.9. The van der Waals surface area contributed by atoms with E-state index in [2.05, 4.69) is 53.3 Å². The lowest BCUT2D eigenvalue weighted by atomic mass is 9.98. The van der Waals surface area contributed by atoms with Crippen molar-refractivity contribution >= 4 is 42.6 Å². The van der Waals surface area contributed by atoms with E-state index in [1.54, 1.807) is 12.4 Å². The summed E-state index contributed by atoms with van der Waals surface area (Å²) < 4.78 is 1.80. The normalized spacial score (nSPS) is 12.5. The Bertz CT molecular complexity index is 786. The van der Waals surface area contributed by atoms with Gasteiger partial charge in [0.05, 0.1) is 11.7 Å². The number of nitrogens with two attached hydrogens (primary N) is 1. The molecule has 0 aliphatic carbocycles. The van der Waals surface area contributed by atoms with E-state index in [1.165, 1.54) is 0 Å². The number of halogens is 2. The summed E-state index contributed by atoms with van der Waals surface area (Å²) in [6, 6.07) is 9.81. The summed E-state index contributed by atoms with van der Waals surface area (Å²) in [7, 11) is 0. The third-order valence-electron chi connectivity index (χ3n) is 3.30. The molecule has 3 aromatic rings. The number of hydrogen-bond donors (Lipinski definition) is 2. The van der Waals surface area contributed by atoms with Crippen LogP contribution in [0.15, 0.2) is 57.9 Å². The fourth-order valence-corrected chi connectivity index (χ4v) is 3.56. The number of pyridine rings is 2. The lowest BCUT2D eigenvalue weighted by Gasteiger charge is -2.19. The highest BCUT2D eigenvalue weighted by atomic mass is 79.9. The van der Waals surface area contributed by atoms with Gasteiger partial charge in [-0.2, -0.15) is 0 Å². The highest BCUT2D eigenvalue weighted by molar-refractivity contribution is 9.11. The zero-order valence-corrected chi connectivity index (χ0v) is 14.1. The lowest BCUT2D eigenvalue weighted by molar-refractivity contribution is 0.621. The summed E-state index contributed by atoms with van der Waals surface area (Å²) in [6.07, 6.45) is 5.39. The predicted molar refractivity (Wildman–Crippen MR) is 90.5 cm³/mol. The SMILES string of the molecule is NNC(c1ncc(Br)cc1Br)c1cccc2ccncc12. The molecule has 0 aliphatic rings. The standard InChI is InChI=1S/C15H12Br2N4/c16-10-6-13(17)15(20-7-10)14(21-18)11-3-1-2-9-4-5-19-8-12(9)11/h1-8,14,21H,18H2. The van der Waals surface area contributed by atoms with E-state index in [-0.39, 0.29) is 6.04 Å². The Hall–Kier alpha value is -1.34. The van der Waals surface area contributed by atoms with Crippen LogP contribution in [-0.2, 0) is 0 Å². The fourth-order valence-electron chi connectivity index (χ4n) is 2.34. The van der Waals surface area contributed by atoms with Gasteiger partial charge in [-0.05, 0) is 54.9 Å². The minimum Gasteiger partial charge on any atom is -0.271 e. The van der Waals surface area contributed by atoms with Crippen molar-refractivity contribution < 1.29 is 0 Å². The Kier molecular flexibility index (Phi) is 4.30. The molecular formula is C15H12Br2N4. The first-order valence-corrected chi connectivity index (χ1v) is 7.89. The summed E-state index contributed by atoms with van der Waals surface area (Å²) >= 11 is 6.96. The van der Waals surface area contributed by atoms with E-state index in [9.17, 15) is 0 Å². The monoisotopic (exact) mass is 406 g/mol. The molecule has 0 amide bonds. The van der Waals surface area contributed by atoms with Gasteiger partial charge in [0.25, 0.3) is 0 Å². The van der Waals surface area contributed by atoms with Crippen molar-refractivity contribution in [2.75, 3.05) is 0 Å². The number of nitrogens with one attached hydrogen (secondary N) is 1. The average molecular weight is 408 g/mol. The molecule has 0 bridgehead atoms. The van der Waals surface area contributed by atoms with Crippen molar-refractivity contribution in [3.63, 3.8) is 0 Å². The van der Waals surface area contributed by atoms with Crippen LogP contribution in [0, 0.1) is 0 Å². The summed E-state index contributed by atoms with van der Waals surface area (Å²) in [5.74, 6) is 5.79. The third-order valence-corrected chi connectivity index (χ3v) is 4.37. The minimum atomic E-state index is -0.222. The van der Waals surface area contributed by atoms with Crippen molar-refractivity contribution in [1.29, 1.82) is 0 Å². The van der Waals surface area contributed by atoms with Crippen molar-refractivity contribution in [3.05, 3.63) is 69.1 Å². The highest BCUT2D eigenvalue weighted by Gasteiger charge is 2.19. The van der Waals surface area contributed by atoms with Crippen molar-refractivity contribution in [2.24, 2.45) is 5.84 Å². The highest BCUT2D eigenvalue weighted by Crippen LogP contribution is 2.31. The molecule has 6 heteroatoms. The van der Waals surface area contributed by atoms with Gasteiger partial charge < -0.3 is 0 Å². The third kappa shape index (κ3) is 2.85. The van der Waals surface area contributed by atoms with E-state index >= 15 is 0 Å². The Balaban J connectivity index is 2.18. The number of aromatic nitrogens is 2. The summed E-state index contributed by atoms with van der Waals surface area (Å²) in [5, 5.41) is 2.18. The number of nitrogens with zero attached hydrogens (tertiary/aromatic N) is 2. The van der Waals surface area contributed by atoms with Crippen molar-refractivity contribution in [3.8, 4) is 0 Å². The Morgan fingerprint density at radius 3 is 2.76 bits per heavy atom. The van der Waals surface area contributed by atoms with Crippen LogP contribution in [0.2, 0.25) is 0 Å². The second-order valence-electron chi connectivity index (χ2n) is 4.56. The molecule has 1 aromatic carbocycles. The number of hydrazine groups is 1. The van der Waals surface area contributed by atoms with Crippen LogP contribution in [0.1, 0.15) is 17.3 Å². The quantitative estimate of drug-likeness (QED) is 0.513. The first kappa shape index (κ1) is 14.6. The van der Waals surface area contributed by atoms with Gasteiger partial charge in [0, 0.05) is 32.9 Å². The van der Waals surface area contributed by atoms with Gasteiger partial charge in [0.1, 0.15) is 0 Å². The van der Waals surface area contributed by atoms with E-state index in [4.69, 9.17) is 5.84 Å². The topological polar surface area (TPSA) is 63.8 Å². The van der Waals surface area contributed by atoms with Gasteiger partial charge in [-0.3, -0.25) is 15.8 Å². The summed E-state index contributed by atoms with van der Waals surface area (Å²) in [5.41, 5.74) is 4.72. The first-order chi connectivity index (χ1) is 10.2. The molecule has 3 rings (SSSR count). The van der Waals surface area contributed by atoms with Gasteiger partial charge in [-0.1, -0.05) is 18.2 Å². The Labute approximate surface area is 139 Å². The maximum Gasteiger partial charge on any atom is 0.0899 e. The maximum atomic E-state index is 5.79. The number of rotatable bonds is 3. The molecule has 0 saturated heterocycles. The number of benzene rings is 1. The lowest BCUT2D eigenvalue weighted by Crippen LogP contribution is -2.30. The Morgan fingerprint density at radius 2 is 2.00 bits per heavy atom. The van der Waals surface area contributed by atoms with E-state index < -0.39 is 0 Å². The minimum absolute atomic E-state index is 0.222. The molecule has 0 aliphatic heterocycles. The van der Waals surface area contributed by atoms with E-state index in [0.717, 1.165) is 31.0 Å². The molecule has 0 saturated carbocycles. The molecule has 21 heavy (non-hydrogen) atoms. The molecule has 0 radical (unpaired) electrons. The molecule has 0 spiro atoms. The summed E-state index contributed by atoms with van der Waals surface area (Å²) in [6.45, 7) is 0. The maximum absolute atomic E-state index is 5.79. The first-order valence-electron chi connectivity index (χ1n) is 6.30. The van der Waals surface area contributed by atoms with Crippen LogP contribution in [0.3, 0.4) is 0 Å². The van der Waals surface area contributed by atoms with Crippen LogP contribution in [0.4, 0.5) is 0 Å². The zero-order chi connectivity index (χ0) is 14.8. The van der Waals surface area contributed by atoms with Gasteiger partial charge in [0.2, 0.25) is 0 Å². The van der Waals surface area contributed by atoms with Gasteiger partial charge in [0.15, 0.2) is 0 Å². The van der Waals surface area contributed by atoms with E-state index in [1.807, 2.05) is 30.5 Å². The van der Waals surface area contributed by atoms with Crippen LogP contribution in [0.5, 0.6) is 0 Å². The Morgan fingerprint density at radius 1 is 1.14 bits per heavy atom. The summed E-state index contributed by atoms with van der Waals surface area (Å²) in [4.78, 5) is 8.69. The van der Waals surface area contributed by atoms with E-state index in [0.29, 0.717) is 0 Å². The van der Waals surface area contributed by atoms with Crippen LogP contribution >= 0.6 is 31.9 Å². The van der Waals surface area contributed by atoms with Crippen molar-refractivity contribution in [1.82, 2.24) is 15.4 Å². The molecule has 4 nitrogen and oxygen atoms in total. The van der Waals surface area contributed by atoms with Crippen LogP contribution < -0.4 is 11.3 Å². The molecule has 3 N–H and O–H groups in total. The molecule has 2 aromatic heterocycles. The molecular weight excluding hydrogens is 396 g/mol. The molecule has 106 valence electrons. The largest absolute Gasteiger partial charge is 0.271 e. The molecule has 2 heterocycles. The van der Waals surface area contributed by atoms with Gasteiger partial charge >= 0.3 is 0 Å². The number of hydrogen-bond acceptors (Lipinski definition) is 4. The van der Waals surface area contributed by atoms with Crippen LogP contribution in [0.25, 0.3) is 10.8 Å². The number of fused-ring (bicyclic) bond motifs is 1.